The van der Waals surface area contributed by atoms with Gasteiger partial charge in [0.25, 0.3) is 0 Å². The second kappa shape index (κ2) is 6.38. The maximum absolute atomic E-state index is 11.4. The monoisotopic (exact) mass is 309 g/mol. The van der Waals surface area contributed by atoms with Crippen molar-refractivity contribution in [2.45, 2.75) is 37.8 Å². The minimum absolute atomic E-state index is 0.0522. The maximum Gasteiger partial charge on any atom is 0.238 e. The van der Waals surface area contributed by atoms with Gasteiger partial charge in [-0.05, 0) is 24.6 Å². The van der Waals surface area contributed by atoms with Gasteiger partial charge < -0.3 is 9.73 Å². The van der Waals surface area contributed by atoms with E-state index in [4.69, 9.17) is 9.56 Å². The Hall–Kier alpha value is -1.70. The Bertz CT molecular complexity index is 710. The Morgan fingerprint density at radius 2 is 2.19 bits per heavy atom. The van der Waals surface area contributed by atoms with E-state index in [9.17, 15) is 8.42 Å². The predicted octanol–water partition coefficient (Wildman–Crippen LogP) is 1.74. The van der Waals surface area contributed by atoms with Gasteiger partial charge in [0.1, 0.15) is 5.76 Å². The summed E-state index contributed by atoms with van der Waals surface area (Å²) in [5, 5.41) is 8.38. The smallest absolute Gasteiger partial charge is 0.238 e. The molecule has 0 saturated carbocycles. The summed E-state index contributed by atoms with van der Waals surface area (Å²) in [4.78, 5) is 4.27. The molecule has 1 unspecified atom stereocenters. The summed E-state index contributed by atoms with van der Waals surface area (Å²) in [5.74, 6) is 1.46. The summed E-state index contributed by atoms with van der Waals surface area (Å²) < 4.78 is 28.2. The van der Waals surface area contributed by atoms with E-state index in [-0.39, 0.29) is 10.9 Å². The van der Waals surface area contributed by atoms with Crippen molar-refractivity contribution in [3.63, 3.8) is 0 Å². The average molecular weight is 309 g/mol. The molecule has 0 aliphatic rings. The fraction of sp³-hybridized carbons (Fsp3) is 0.357. The van der Waals surface area contributed by atoms with Gasteiger partial charge in [-0.15, -0.1) is 0 Å². The van der Waals surface area contributed by atoms with Crippen LogP contribution in [-0.2, 0) is 23.0 Å². The Kier molecular flexibility index (Phi) is 4.76. The molecule has 0 radical (unpaired) electrons. The van der Waals surface area contributed by atoms with Crippen molar-refractivity contribution in [3.8, 4) is 0 Å². The molecular formula is C14H19N3O3S. The number of hydrogen-bond donors (Lipinski definition) is 2. The molecule has 0 fully saturated rings. The molecule has 0 amide bonds. The molecule has 6 nitrogen and oxygen atoms in total. The van der Waals surface area contributed by atoms with Gasteiger partial charge in [-0.1, -0.05) is 19.1 Å². The first-order valence-electron chi connectivity index (χ1n) is 6.70. The molecule has 1 aromatic carbocycles. The minimum atomic E-state index is -3.68. The Labute approximate surface area is 124 Å². The van der Waals surface area contributed by atoms with Gasteiger partial charge in [-0.3, -0.25) is 0 Å². The second-order valence-corrected chi connectivity index (χ2v) is 6.36. The fourth-order valence-corrected chi connectivity index (χ4v) is 2.48. The Balaban J connectivity index is 2.05. The molecule has 21 heavy (non-hydrogen) atoms. The number of oxazole rings is 1. The van der Waals surface area contributed by atoms with E-state index in [0.29, 0.717) is 12.4 Å². The van der Waals surface area contributed by atoms with Crippen LogP contribution in [0.15, 0.2) is 39.8 Å². The lowest BCUT2D eigenvalue weighted by atomic mass is 10.1. The number of primary sulfonamides is 1. The number of nitrogens with zero attached hydrogens (tertiary/aromatic N) is 1. The fourth-order valence-electron chi connectivity index (χ4n) is 1.91. The van der Waals surface area contributed by atoms with E-state index in [1.165, 1.54) is 6.07 Å². The van der Waals surface area contributed by atoms with Crippen LogP contribution >= 0.6 is 0 Å². The number of aryl methyl sites for hydroxylation is 1. The minimum Gasteiger partial charge on any atom is -0.444 e. The van der Waals surface area contributed by atoms with Gasteiger partial charge in [0.15, 0.2) is 0 Å². The summed E-state index contributed by atoms with van der Waals surface area (Å²) in [6, 6.07) is 6.52. The van der Waals surface area contributed by atoms with Crippen molar-refractivity contribution in [2.75, 3.05) is 0 Å². The van der Waals surface area contributed by atoms with E-state index in [1.54, 1.807) is 18.3 Å². The molecular weight excluding hydrogens is 290 g/mol. The van der Waals surface area contributed by atoms with Gasteiger partial charge in [0, 0.05) is 12.5 Å². The quantitative estimate of drug-likeness (QED) is 0.847. The van der Waals surface area contributed by atoms with Crippen molar-refractivity contribution in [2.24, 2.45) is 5.14 Å². The third kappa shape index (κ3) is 4.13. The number of aromatic nitrogens is 1. The molecule has 1 aromatic heterocycles. The first-order chi connectivity index (χ1) is 9.90. The van der Waals surface area contributed by atoms with E-state index in [0.717, 1.165) is 17.7 Å². The molecule has 0 spiro atoms. The van der Waals surface area contributed by atoms with Crippen LogP contribution < -0.4 is 10.5 Å². The van der Waals surface area contributed by atoms with E-state index in [1.807, 2.05) is 19.9 Å². The van der Waals surface area contributed by atoms with Crippen molar-refractivity contribution in [1.82, 2.24) is 10.3 Å². The molecule has 3 N–H and O–H groups in total. The highest BCUT2D eigenvalue weighted by Gasteiger charge is 2.12. The summed E-state index contributed by atoms with van der Waals surface area (Å²) in [7, 11) is -3.68. The summed E-state index contributed by atoms with van der Waals surface area (Å²) in [6.45, 7) is 4.41. The zero-order chi connectivity index (χ0) is 15.5. The van der Waals surface area contributed by atoms with Crippen molar-refractivity contribution < 1.29 is 12.8 Å². The zero-order valence-corrected chi connectivity index (χ0v) is 12.9. The van der Waals surface area contributed by atoms with Gasteiger partial charge >= 0.3 is 0 Å². The topological polar surface area (TPSA) is 98.2 Å². The molecule has 1 atom stereocenters. The first kappa shape index (κ1) is 15.7. The Morgan fingerprint density at radius 1 is 1.43 bits per heavy atom. The first-order valence-corrected chi connectivity index (χ1v) is 8.24. The summed E-state index contributed by atoms with van der Waals surface area (Å²) >= 11 is 0. The molecule has 1 heterocycles. The maximum atomic E-state index is 11.4. The summed E-state index contributed by atoms with van der Waals surface area (Å²) in [5.41, 5.74) is 0.837. The number of rotatable bonds is 6. The van der Waals surface area contributed by atoms with Gasteiger partial charge in [-0.2, -0.15) is 0 Å². The highest BCUT2D eigenvalue weighted by molar-refractivity contribution is 7.89. The standard InChI is InChI=1S/C14H19N3O3S/c1-3-12-8-17-14(20-12)9-16-10(2)11-5-4-6-13(7-11)21(15,18)19/h4-8,10,16H,3,9H2,1-2H3,(H2,15,18,19). The van der Waals surface area contributed by atoms with E-state index in [2.05, 4.69) is 10.3 Å². The van der Waals surface area contributed by atoms with Crippen LogP contribution in [0.25, 0.3) is 0 Å². The third-order valence-corrected chi connectivity index (χ3v) is 4.11. The number of nitrogens with two attached hydrogens (primary N) is 1. The largest absolute Gasteiger partial charge is 0.444 e. The molecule has 114 valence electrons. The highest BCUT2D eigenvalue weighted by Crippen LogP contribution is 2.17. The van der Waals surface area contributed by atoms with E-state index >= 15 is 0 Å². The van der Waals surface area contributed by atoms with Crippen molar-refractivity contribution >= 4 is 10.0 Å². The molecule has 0 bridgehead atoms. The lowest BCUT2D eigenvalue weighted by Gasteiger charge is -2.13. The van der Waals surface area contributed by atoms with Crippen molar-refractivity contribution in [1.29, 1.82) is 0 Å². The Morgan fingerprint density at radius 3 is 2.81 bits per heavy atom. The van der Waals surface area contributed by atoms with Crippen LogP contribution in [0.3, 0.4) is 0 Å². The number of sulfonamides is 1. The van der Waals surface area contributed by atoms with Crippen LogP contribution in [0.5, 0.6) is 0 Å². The van der Waals surface area contributed by atoms with Crippen LogP contribution in [0.1, 0.15) is 37.1 Å². The lowest BCUT2D eigenvalue weighted by molar-refractivity contribution is 0.424. The molecule has 7 heteroatoms. The normalized spacial score (nSPS) is 13.3. The van der Waals surface area contributed by atoms with Crippen molar-refractivity contribution in [3.05, 3.63) is 47.7 Å². The van der Waals surface area contributed by atoms with Gasteiger partial charge in [0.2, 0.25) is 15.9 Å². The van der Waals surface area contributed by atoms with Crippen LogP contribution in [-0.4, -0.2) is 13.4 Å². The third-order valence-electron chi connectivity index (χ3n) is 3.20. The molecule has 0 aliphatic heterocycles. The second-order valence-electron chi connectivity index (χ2n) is 4.79. The molecule has 2 aromatic rings. The average Bonchev–Trinajstić information content (AvgIpc) is 2.92. The summed E-state index contributed by atoms with van der Waals surface area (Å²) in [6.07, 6.45) is 2.52. The molecule has 0 saturated heterocycles. The molecule has 2 rings (SSSR count). The molecule has 0 aliphatic carbocycles. The highest BCUT2D eigenvalue weighted by atomic mass is 32.2. The van der Waals surface area contributed by atoms with Crippen LogP contribution in [0.4, 0.5) is 0 Å². The van der Waals surface area contributed by atoms with Crippen LogP contribution in [0.2, 0.25) is 0 Å². The van der Waals surface area contributed by atoms with E-state index < -0.39 is 10.0 Å². The number of benzene rings is 1. The zero-order valence-electron chi connectivity index (χ0n) is 12.0. The van der Waals surface area contributed by atoms with Crippen LogP contribution in [0, 0.1) is 0 Å². The van der Waals surface area contributed by atoms with Gasteiger partial charge in [0.05, 0.1) is 17.6 Å². The number of nitrogens with one attached hydrogen (secondary N) is 1. The lowest BCUT2D eigenvalue weighted by Crippen LogP contribution is -2.19. The SMILES string of the molecule is CCc1cnc(CNC(C)c2cccc(S(N)(=O)=O)c2)o1. The van der Waals surface area contributed by atoms with Gasteiger partial charge in [-0.25, -0.2) is 18.5 Å². The predicted molar refractivity (Wildman–Crippen MR) is 79.0 cm³/mol. The number of hydrogen-bond acceptors (Lipinski definition) is 5.